The Labute approximate surface area is 245 Å². The van der Waals surface area contributed by atoms with Gasteiger partial charge in [-0.1, -0.05) is 97.1 Å². The second-order valence-corrected chi connectivity index (χ2v) is 11.6. The fourth-order valence-corrected chi connectivity index (χ4v) is 7.05. The third-order valence-corrected chi connectivity index (χ3v) is 9.17. The van der Waals surface area contributed by atoms with Crippen molar-refractivity contribution in [3.05, 3.63) is 133 Å². The van der Waals surface area contributed by atoms with Crippen molar-refractivity contribution in [3.8, 4) is 33.0 Å². The van der Waals surface area contributed by atoms with Gasteiger partial charge in [0.1, 0.15) is 16.2 Å². The summed E-state index contributed by atoms with van der Waals surface area (Å²) in [6, 6.07) is 46.6. The van der Waals surface area contributed by atoms with Crippen LogP contribution in [0.15, 0.2) is 138 Å². The highest BCUT2D eigenvalue weighted by atomic mass is 32.1. The zero-order chi connectivity index (χ0) is 27.6. The molecule has 0 saturated heterocycles. The van der Waals surface area contributed by atoms with Gasteiger partial charge in [0.2, 0.25) is 0 Å². The number of pyridine rings is 1. The Bertz CT molecular complexity index is 2470. The smallest absolute Gasteiger partial charge is 0.144 e. The van der Waals surface area contributed by atoms with Crippen molar-refractivity contribution in [2.24, 2.45) is 0 Å². The molecule has 0 atom stereocenters. The van der Waals surface area contributed by atoms with Crippen LogP contribution in [0.3, 0.4) is 0 Å². The van der Waals surface area contributed by atoms with Crippen LogP contribution in [-0.2, 0) is 0 Å². The number of hydrogen-bond acceptors (Lipinski definition) is 4. The molecule has 0 unspecified atom stereocenters. The molecule has 0 aliphatic heterocycles. The zero-order valence-electron chi connectivity index (χ0n) is 22.4. The first-order valence-electron chi connectivity index (χ1n) is 14.0. The molecule has 3 aromatic heterocycles. The maximum absolute atomic E-state index is 6.50. The largest absolute Gasteiger partial charge is 0.455 e. The summed E-state index contributed by atoms with van der Waals surface area (Å²) in [6.45, 7) is 0. The summed E-state index contributed by atoms with van der Waals surface area (Å²) in [6.07, 6.45) is 0. The Kier molecular flexibility index (Phi) is 5.07. The molecule has 0 aliphatic rings. The van der Waals surface area contributed by atoms with Gasteiger partial charge >= 0.3 is 0 Å². The van der Waals surface area contributed by atoms with E-state index in [1.54, 1.807) is 11.3 Å². The molecule has 3 heterocycles. The Hall–Kier alpha value is -5.32. The van der Waals surface area contributed by atoms with Gasteiger partial charge in [-0.3, -0.25) is 0 Å². The molecule has 196 valence electrons. The number of fused-ring (bicyclic) bond motifs is 8. The molecule has 9 rings (SSSR count). The van der Waals surface area contributed by atoms with Gasteiger partial charge < -0.3 is 4.42 Å². The maximum Gasteiger partial charge on any atom is 0.144 e. The Balaban J connectivity index is 1.23. The van der Waals surface area contributed by atoms with Gasteiger partial charge in [0.05, 0.1) is 21.4 Å². The summed E-state index contributed by atoms with van der Waals surface area (Å²) in [5.41, 5.74) is 9.23. The van der Waals surface area contributed by atoms with E-state index in [1.807, 2.05) is 24.3 Å². The molecule has 3 nitrogen and oxygen atoms in total. The molecule has 42 heavy (non-hydrogen) atoms. The zero-order valence-corrected chi connectivity index (χ0v) is 23.2. The van der Waals surface area contributed by atoms with Crippen LogP contribution in [0.2, 0.25) is 0 Å². The lowest BCUT2D eigenvalue weighted by atomic mass is 9.96. The van der Waals surface area contributed by atoms with Crippen molar-refractivity contribution in [2.75, 3.05) is 0 Å². The lowest BCUT2D eigenvalue weighted by Crippen LogP contribution is -1.91. The predicted octanol–water partition coefficient (Wildman–Crippen LogP) is 10.9. The van der Waals surface area contributed by atoms with Crippen molar-refractivity contribution >= 4 is 65.2 Å². The molecule has 0 fully saturated rings. The summed E-state index contributed by atoms with van der Waals surface area (Å²) in [5.74, 6) is 0. The first-order valence-corrected chi connectivity index (χ1v) is 14.8. The fourth-order valence-electron chi connectivity index (χ4n) is 6.09. The molecular formula is C38H22N2OS. The summed E-state index contributed by atoms with van der Waals surface area (Å²) < 4.78 is 7.68. The van der Waals surface area contributed by atoms with Gasteiger partial charge in [-0.2, -0.15) is 0 Å². The van der Waals surface area contributed by atoms with Crippen LogP contribution in [0.4, 0.5) is 0 Å². The van der Waals surface area contributed by atoms with E-state index in [0.717, 1.165) is 82.1 Å². The number of rotatable bonds is 3. The highest BCUT2D eigenvalue weighted by Crippen LogP contribution is 2.41. The molecule has 0 spiro atoms. The van der Waals surface area contributed by atoms with Gasteiger partial charge in [-0.15, -0.1) is 11.3 Å². The summed E-state index contributed by atoms with van der Waals surface area (Å²) >= 11 is 1.73. The van der Waals surface area contributed by atoms with Crippen LogP contribution < -0.4 is 0 Å². The van der Waals surface area contributed by atoms with Crippen LogP contribution in [0.5, 0.6) is 0 Å². The number of furan rings is 1. The van der Waals surface area contributed by atoms with E-state index in [9.17, 15) is 0 Å². The lowest BCUT2D eigenvalue weighted by Gasteiger charge is -2.12. The van der Waals surface area contributed by atoms with E-state index in [1.165, 1.54) is 4.70 Å². The predicted molar refractivity (Wildman–Crippen MR) is 176 cm³/mol. The van der Waals surface area contributed by atoms with E-state index in [-0.39, 0.29) is 0 Å². The first kappa shape index (κ1) is 23.4. The maximum atomic E-state index is 6.50. The number of thiazole rings is 1. The van der Waals surface area contributed by atoms with Gasteiger partial charge in [0.15, 0.2) is 0 Å². The normalized spacial score (nSPS) is 11.8. The Morgan fingerprint density at radius 2 is 1.21 bits per heavy atom. The van der Waals surface area contributed by atoms with Gasteiger partial charge in [0, 0.05) is 38.1 Å². The number of benzene rings is 6. The molecular weight excluding hydrogens is 532 g/mol. The van der Waals surface area contributed by atoms with Crippen LogP contribution >= 0.6 is 11.3 Å². The summed E-state index contributed by atoms with van der Waals surface area (Å²) in [7, 11) is 0. The average Bonchev–Trinajstić information content (AvgIpc) is 3.66. The molecule has 0 aliphatic carbocycles. The second-order valence-electron chi connectivity index (χ2n) is 10.6. The lowest BCUT2D eigenvalue weighted by molar-refractivity contribution is 0.673. The molecule has 0 amide bonds. The second kappa shape index (κ2) is 9.10. The third kappa shape index (κ3) is 3.59. The molecule has 6 aromatic carbocycles. The minimum Gasteiger partial charge on any atom is -0.455 e. The van der Waals surface area contributed by atoms with E-state index in [0.29, 0.717) is 0 Å². The minimum absolute atomic E-state index is 0.900. The van der Waals surface area contributed by atoms with Crippen LogP contribution in [0.25, 0.3) is 86.8 Å². The van der Waals surface area contributed by atoms with E-state index in [2.05, 4.69) is 109 Å². The SMILES string of the molecule is c1ccc(-c2nc3cc(-c4cccc(-c5nc6ccccc6c6c5ccc5c7ccccc7oc56)c4)ccc3s2)cc1. The van der Waals surface area contributed by atoms with Crippen molar-refractivity contribution in [3.63, 3.8) is 0 Å². The molecule has 0 N–H and O–H groups in total. The quantitative estimate of drug-likeness (QED) is 0.204. The number of nitrogens with zero attached hydrogens (tertiary/aromatic N) is 2. The number of hydrogen-bond donors (Lipinski definition) is 0. The summed E-state index contributed by atoms with van der Waals surface area (Å²) in [5, 5.41) is 6.58. The standard InChI is InChI=1S/C38H22N2OS/c1-2-9-23(10-3-1)38-40-32-22-25(17-20-34(32)42-38)24-11-8-12-26(21-24)36-30-19-18-28-27-13-5-7-16-33(27)41-37(28)35(30)29-14-4-6-15-31(29)39-36/h1-22H. The van der Waals surface area contributed by atoms with Crippen LogP contribution in [0, 0.1) is 0 Å². The van der Waals surface area contributed by atoms with Gasteiger partial charge in [-0.05, 0) is 47.5 Å². The highest BCUT2D eigenvalue weighted by Gasteiger charge is 2.17. The minimum atomic E-state index is 0.900. The molecule has 9 aromatic rings. The van der Waals surface area contributed by atoms with E-state index >= 15 is 0 Å². The van der Waals surface area contributed by atoms with Crippen LogP contribution in [-0.4, -0.2) is 9.97 Å². The van der Waals surface area contributed by atoms with Crippen molar-refractivity contribution < 1.29 is 4.42 Å². The topological polar surface area (TPSA) is 38.9 Å². The number of aromatic nitrogens is 2. The monoisotopic (exact) mass is 554 g/mol. The molecule has 0 saturated carbocycles. The molecule has 0 radical (unpaired) electrons. The summed E-state index contributed by atoms with van der Waals surface area (Å²) in [4.78, 5) is 10.2. The van der Waals surface area contributed by atoms with Gasteiger partial charge in [-0.25, -0.2) is 9.97 Å². The number of para-hydroxylation sites is 2. The van der Waals surface area contributed by atoms with Gasteiger partial charge in [0.25, 0.3) is 0 Å². The van der Waals surface area contributed by atoms with Crippen LogP contribution in [0.1, 0.15) is 0 Å². The first-order chi connectivity index (χ1) is 20.8. The van der Waals surface area contributed by atoms with E-state index < -0.39 is 0 Å². The average molecular weight is 555 g/mol. The Morgan fingerprint density at radius 1 is 0.476 bits per heavy atom. The highest BCUT2D eigenvalue weighted by molar-refractivity contribution is 7.21. The van der Waals surface area contributed by atoms with Crippen molar-refractivity contribution in [1.82, 2.24) is 9.97 Å². The molecule has 0 bridgehead atoms. The Morgan fingerprint density at radius 3 is 2.14 bits per heavy atom. The fraction of sp³-hybridized carbons (Fsp3) is 0. The van der Waals surface area contributed by atoms with E-state index in [4.69, 9.17) is 14.4 Å². The van der Waals surface area contributed by atoms with Crippen molar-refractivity contribution in [2.45, 2.75) is 0 Å². The third-order valence-electron chi connectivity index (χ3n) is 8.09. The molecule has 4 heteroatoms. The van der Waals surface area contributed by atoms with Crippen molar-refractivity contribution in [1.29, 1.82) is 0 Å².